The van der Waals surface area contributed by atoms with E-state index in [9.17, 15) is 4.79 Å². The largest absolute Gasteiger partial charge is 0.382 e. The third-order valence-corrected chi connectivity index (χ3v) is 6.86. The molecule has 1 aliphatic rings. The molecule has 2 aromatic heterocycles. The highest BCUT2D eigenvalue weighted by Gasteiger charge is 2.24. The minimum absolute atomic E-state index is 0.0360. The van der Waals surface area contributed by atoms with E-state index in [1.807, 2.05) is 48.7 Å². The molecular formula is C28H29ClN6O. The van der Waals surface area contributed by atoms with Crippen molar-refractivity contribution in [3.8, 4) is 11.3 Å². The van der Waals surface area contributed by atoms with Gasteiger partial charge in [-0.1, -0.05) is 35.9 Å². The Morgan fingerprint density at radius 3 is 2.61 bits per heavy atom. The fraction of sp³-hybridized carbons (Fsp3) is 0.250. The first kappa shape index (κ1) is 23.9. The van der Waals surface area contributed by atoms with Crippen LogP contribution in [0, 0.1) is 0 Å². The van der Waals surface area contributed by atoms with Crippen molar-refractivity contribution in [1.29, 1.82) is 0 Å². The number of hydrogen-bond acceptors (Lipinski definition) is 5. The summed E-state index contributed by atoms with van der Waals surface area (Å²) in [7, 11) is 0. The molecule has 2 aromatic carbocycles. The molecular weight excluding hydrogens is 472 g/mol. The number of aromatic nitrogens is 3. The Hall–Kier alpha value is -3.84. The number of H-pyrrole nitrogens is 1. The number of rotatable bonds is 8. The maximum absolute atomic E-state index is 12.7. The lowest BCUT2D eigenvalue weighted by Gasteiger charge is -2.29. The molecule has 1 amide bonds. The summed E-state index contributed by atoms with van der Waals surface area (Å²) in [6.45, 7) is 4.39. The van der Waals surface area contributed by atoms with Gasteiger partial charge in [0, 0.05) is 52.5 Å². The lowest BCUT2D eigenvalue weighted by molar-refractivity contribution is 0.0926. The SMILES string of the molecule is C=CCNc1ccc(C(=O)NC2CCC(Nc3ncc(Cl)c(-c4c[nH]c5ccccc45)n3)CC2)cc1. The van der Waals surface area contributed by atoms with Crippen LogP contribution in [0.15, 0.2) is 73.6 Å². The number of anilines is 2. The number of carbonyl (C=O) groups is 1. The number of fused-ring (bicyclic) bond motifs is 1. The van der Waals surface area contributed by atoms with Crippen molar-refractivity contribution >= 4 is 40.0 Å². The van der Waals surface area contributed by atoms with E-state index < -0.39 is 0 Å². The van der Waals surface area contributed by atoms with Gasteiger partial charge in [-0.3, -0.25) is 4.79 Å². The van der Waals surface area contributed by atoms with E-state index in [1.165, 1.54) is 0 Å². The number of nitrogens with zero attached hydrogens (tertiary/aromatic N) is 2. The first-order valence-electron chi connectivity index (χ1n) is 12.2. The van der Waals surface area contributed by atoms with Crippen molar-refractivity contribution in [2.75, 3.05) is 17.2 Å². The van der Waals surface area contributed by atoms with Crippen LogP contribution in [0.1, 0.15) is 36.0 Å². The molecule has 1 fully saturated rings. The molecule has 0 spiro atoms. The van der Waals surface area contributed by atoms with Crippen LogP contribution in [0.2, 0.25) is 5.02 Å². The summed E-state index contributed by atoms with van der Waals surface area (Å²) >= 11 is 6.47. The van der Waals surface area contributed by atoms with Gasteiger partial charge in [-0.2, -0.15) is 0 Å². The number of nitrogens with one attached hydrogen (secondary N) is 4. The van der Waals surface area contributed by atoms with Crippen molar-refractivity contribution in [2.45, 2.75) is 37.8 Å². The van der Waals surface area contributed by atoms with Crippen LogP contribution in [-0.4, -0.2) is 39.5 Å². The normalized spacial score (nSPS) is 17.5. The van der Waals surface area contributed by atoms with Gasteiger partial charge in [-0.15, -0.1) is 6.58 Å². The van der Waals surface area contributed by atoms with Gasteiger partial charge in [0.2, 0.25) is 5.95 Å². The summed E-state index contributed by atoms with van der Waals surface area (Å²) < 4.78 is 0. The van der Waals surface area contributed by atoms with Crippen molar-refractivity contribution in [2.24, 2.45) is 0 Å². The maximum Gasteiger partial charge on any atom is 0.251 e. The summed E-state index contributed by atoms with van der Waals surface area (Å²) in [5, 5.41) is 11.4. The van der Waals surface area contributed by atoms with Crippen molar-refractivity contribution in [1.82, 2.24) is 20.3 Å². The molecule has 184 valence electrons. The van der Waals surface area contributed by atoms with Gasteiger partial charge >= 0.3 is 0 Å². The standard InChI is InChI=1S/C28H29ClN6O/c1-2-15-30-19-9-7-18(8-10-19)27(36)33-20-11-13-21(14-12-20)34-28-32-17-24(29)26(35-28)23-16-31-25-6-4-3-5-22(23)25/h2-10,16-17,20-21,30-31H,1,11-15H2,(H,33,36)(H,32,34,35). The van der Waals surface area contributed by atoms with E-state index >= 15 is 0 Å². The number of benzene rings is 2. The number of hydrogen-bond donors (Lipinski definition) is 4. The minimum atomic E-state index is -0.0360. The average Bonchev–Trinajstić information content (AvgIpc) is 3.34. The summed E-state index contributed by atoms with van der Waals surface area (Å²) in [5.41, 5.74) is 4.33. The zero-order chi connectivity index (χ0) is 24.9. The third-order valence-electron chi connectivity index (χ3n) is 6.58. The fourth-order valence-corrected chi connectivity index (χ4v) is 4.85. The quantitative estimate of drug-likeness (QED) is 0.222. The summed E-state index contributed by atoms with van der Waals surface area (Å²) in [6.07, 6.45) is 9.01. The first-order chi connectivity index (χ1) is 17.6. The lowest BCUT2D eigenvalue weighted by atomic mass is 9.91. The Morgan fingerprint density at radius 2 is 1.83 bits per heavy atom. The van der Waals surface area contributed by atoms with Crippen molar-refractivity contribution < 1.29 is 4.79 Å². The molecule has 1 saturated carbocycles. The lowest BCUT2D eigenvalue weighted by Crippen LogP contribution is -2.40. The van der Waals surface area contributed by atoms with E-state index in [-0.39, 0.29) is 18.0 Å². The van der Waals surface area contributed by atoms with Crippen LogP contribution in [0.25, 0.3) is 22.2 Å². The van der Waals surface area contributed by atoms with Gasteiger partial charge in [0.1, 0.15) is 0 Å². The van der Waals surface area contributed by atoms with Crippen LogP contribution in [-0.2, 0) is 0 Å². The Bertz CT molecular complexity index is 1360. The third kappa shape index (κ3) is 5.36. The predicted octanol–water partition coefficient (Wildman–Crippen LogP) is 6.03. The molecule has 0 bridgehead atoms. The minimum Gasteiger partial charge on any atom is -0.382 e. The van der Waals surface area contributed by atoms with Crippen LogP contribution in [0.5, 0.6) is 0 Å². The van der Waals surface area contributed by atoms with E-state index in [0.29, 0.717) is 28.8 Å². The van der Waals surface area contributed by atoms with E-state index in [0.717, 1.165) is 47.8 Å². The monoisotopic (exact) mass is 500 g/mol. The molecule has 0 atom stereocenters. The molecule has 36 heavy (non-hydrogen) atoms. The van der Waals surface area contributed by atoms with E-state index in [1.54, 1.807) is 12.3 Å². The molecule has 1 aliphatic carbocycles. The molecule has 4 aromatic rings. The Labute approximate surface area is 215 Å². The van der Waals surface area contributed by atoms with Gasteiger partial charge in [0.25, 0.3) is 5.91 Å². The number of amides is 1. The van der Waals surface area contributed by atoms with E-state index in [2.05, 4.69) is 38.6 Å². The molecule has 0 radical (unpaired) electrons. The van der Waals surface area contributed by atoms with E-state index in [4.69, 9.17) is 16.6 Å². The summed E-state index contributed by atoms with van der Waals surface area (Å²) in [5.74, 6) is 0.531. The molecule has 0 aliphatic heterocycles. The van der Waals surface area contributed by atoms with Gasteiger partial charge in [0.05, 0.1) is 16.9 Å². The molecule has 0 saturated heterocycles. The van der Waals surface area contributed by atoms with Crippen LogP contribution in [0.3, 0.4) is 0 Å². The second kappa shape index (κ2) is 10.8. The highest BCUT2D eigenvalue weighted by molar-refractivity contribution is 6.33. The second-order valence-electron chi connectivity index (χ2n) is 9.05. The summed E-state index contributed by atoms with van der Waals surface area (Å²) in [6, 6.07) is 16.0. The smallest absolute Gasteiger partial charge is 0.251 e. The molecule has 8 heteroatoms. The number of halogens is 1. The zero-order valence-corrected chi connectivity index (χ0v) is 20.7. The van der Waals surface area contributed by atoms with Crippen LogP contribution in [0.4, 0.5) is 11.6 Å². The van der Waals surface area contributed by atoms with Gasteiger partial charge in [-0.25, -0.2) is 9.97 Å². The molecule has 0 unspecified atom stereocenters. The Morgan fingerprint density at radius 1 is 1.08 bits per heavy atom. The highest BCUT2D eigenvalue weighted by Crippen LogP contribution is 2.32. The fourth-order valence-electron chi connectivity index (χ4n) is 4.66. The van der Waals surface area contributed by atoms with Crippen LogP contribution >= 0.6 is 11.6 Å². The maximum atomic E-state index is 12.7. The van der Waals surface area contributed by atoms with Crippen molar-refractivity contribution in [3.63, 3.8) is 0 Å². The van der Waals surface area contributed by atoms with Gasteiger partial charge < -0.3 is 20.9 Å². The average molecular weight is 501 g/mol. The number of para-hydroxylation sites is 1. The van der Waals surface area contributed by atoms with Crippen molar-refractivity contribution in [3.05, 3.63) is 84.2 Å². The second-order valence-corrected chi connectivity index (χ2v) is 9.46. The Balaban J connectivity index is 1.17. The number of carbonyl (C=O) groups excluding carboxylic acids is 1. The van der Waals surface area contributed by atoms with Gasteiger partial charge in [-0.05, 0) is 56.0 Å². The molecule has 2 heterocycles. The Kier molecular flexibility index (Phi) is 7.18. The summed E-state index contributed by atoms with van der Waals surface area (Å²) in [4.78, 5) is 25.1. The molecule has 5 rings (SSSR count). The number of aromatic amines is 1. The molecule has 4 N–H and O–H groups in total. The topological polar surface area (TPSA) is 94.7 Å². The molecule has 7 nitrogen and oxygen atoms in total. The zero-order valence-electron chi connectivity index (χ0n) is 19.9. The highest BCUT2D eigenvalue weighted by atomic mass is 35.5. The predicted molar refractivity (Wildman–Crippen MR) is 147 cm³/mol. The van der Waals surface area contributed by atoms with Gasteiger partial charge in [0.15, 0.2) is 0 Å². The first-order valence-corrected chi connectivity index (χ1v) is 12.6. The van der Waals surface area contributed by atoms with Crippen LogP contribution < -0.4 is 16.0 Å².